The highest BCUT2D eigenvalue weighted by Gasteiger charge is 2.27. The zero-order valence-corrected chi connectivity index (χ0v) is 9.22. The molecule has 3 heterocycles. The van der Waals surface area contributed by atoms with E-state index in [1.165, 1.54) is 0 Å². The normalized spacial score (nSPS) is 29.6. The highest BCUT2D eigenvalue weighted by atomic mass is 16.5. The molecule has 3 rings (SSSR count). The number of fused-ring (bicyclic) bond motifs is 1. The van der Waals surface area contributed by atoms with Crippen LogP contribution in [0, 0.1) is 0 Å². The van der Waals surface area contributed by atoms with E-state index in [4.69, 9.17) is 4.74 Å². The van der Waals surface area contributed by atoms with Crippen LogP contribution in [0.5, 0.6) is 6.01 Å². The van der Waals surface area contributed by atoms with Gasteiger partial charge in [-0.05, 0) is 25.8 Å². The summed E-state index contributed by atoms with van der Waals surface area (Å²) in [4.78, 5) is 4.44. The molecule has 2 N–H and O–H groups in total. The van der Waals surface area contributed by atoms with E-state index in [9.17, 15) is 5.11 Å². The molecule has 0 aliphatic carbocycles. The van der Waals surface area contributed by atoms with E-state index in [-0.39, 0.29) is 12.1 Å². The summed E-state index contributed by atoms with van der Waals surface area (Å²) in [6.07, 6.45) is 4.58. The van der Waals surface area contributed by atoms with Crippen molar-refractivity contribution in [1.82, 2.24) is 14.9 Å². The first kappa shape index (κ1) is 10.1. The average Bonchev–Trinajstić information content (AvgIpc) is 2.73. The Balaban J connectivity index is 1.85. The quantitative estimate of drug-likeness (QED) is 0.726. The molecule has 0 aromatic carbocycles. The van der Waals surface area contributed by atoms with E-state index >= 15 is 0 Å². The molecule has 1 fully saturated rings. The lowest BCUT2D eigenvalue weighted by molar-refractivity contribution is 0.0947. The lowest BCUT2D eigenvalue weighted by Gasteiger charge is -2.27. The molecule has 0 radical (unpaired) electrons. The van der Waals surface area contributed by atoms with Crippen molar-refractivity contribution in [2.75, 3.05) is 13.2 Å². The molecule has 88 valence electrons. The van der Waals surface area contributed by atoms with Crippen LogP contribution in [0.1, 0.15) is 31.0 Å². The molecule has 0 saturated carbocycles. The Morgan fingerprint density at radius 3 is 3.25 bits per heavy atom. The predicted molar refractivity (Wildman–Crippen MR) is 58.3 cm³/mol. The molecule has 2 aliphatic rings. The van der Waals surface area contributed by atoms with Crippen molar-refractivity contribution in [3.8, 4) is 6.01 Å². The van der Waals surface area contributed by atoms with Crippen LogP contribution in [-0.2, 0) is 6.54 Å². The molecule has 16 heavy (non-hydrogen) atoms. The third-order valence-corrected chi connectivity index (χ3v) is 3.28. The summed E-state index contributed by atoms with van der Waals surface area (Å²) in [6, 6.07) is 0.663. The maximum absolute atomic E-state index is 9.93. The lowest BCUT2D eigenvalue weighted by Crippen LogP contribution is -2.37. The van der Waals surface area contributed by atoms with Crippen molar-refractivity contribution in [3.63, 3.8) is 0 Å². The summed E-state index contributed by atoms with van der Waals surface area (Å²) >= 11 is 0. The molecular weight excluding hydrogens is 206 g/mol. The van der Waals surface area contributed by atoms with Crippen LogP contribution in [0.2, 0.25) is 0 Å². The van der Waals surface area contributed by atoms with Crippen molar-refractivity contribution in [1.29, 1.82) is 0 Å². The standard InChI is InChI=1S/C11H17N3O2/c15-9-3-1-4-12-10(9)8-7-14-5-2-6-16-11(14)13-8/h7,9-10,12,15H,1-6H2. The number of hydrogen-bond donors (Lipinski definition) is 2. The summed E-state index contributed by atoms with van der Waals surface area (Å²) in [6.45, 7) is 2.66. The SMILES string of the molecule is OC1CCCNC1c1cn2c(n1)OCCC2. The van der Waals surface area contributed by atoms with E-state index in [0.29, 0.717) is 6.01 Å². The van der Waals surface area contributed by atoms with Gasteiger partial charge in [-0.3, -0.25) is 0 Å². The average molecular weight is 223 g/mol. The minimum atomic E-state index is -0.328. The molecular formula is C11H17N3O2. The number of aromatic nitrogens is 2. The Morgan fingerprint density at radius 2 is 2.44 bits per heavy atom. The number of nitrogens with one attached hydrogen (secondary N) is 1. The molecule has 1 saturated heterocycles. The number of rotatable bonds is 1. The number of aryl methyl sites for hydroxylation is 1. The fourth-order valence-electron chi connectivity index (χ4n) is 2.42. The highest BCUT2D eigenvalue weighted by Crippen LogP contribution is 2.26. The van der Waals surface area contributed by atoms with Gasteiger partial charge in [0.15, 0.2) is 0 Å². The second-order valence-corrected chi connectivity index (χ2v) is 4.49. The zero-order chi connectivity index (χ0) is 11.0. The highest BCUT2D eigenvalue weighted by molar-refractivity contribution is 5.15. The number of aliphatic hydroxyl groups excluding tert-OH is 1. The van der Waals surface area contributed by atoms with Crippen molar-refractivity contribution in [2.45, 2.75) is 38.0 Å². The van der Waals surface area contributed by atoms with Crippen LogP contribution >= 0.6 is 0 Å². The Morgan fingerprint density at radius 1 is 1.50 bits per heavy atom. The fraction of sp³-hybridized carbons (Fsp3) is 0.727. The van der Waals surface area contributed by atoms with Crippen LogP contribution < -0.4 is 10.1 Å². The maximum Gasteiger partial charge on any atom is 0.296 e. The molecule has 0 bridgehead atoms. The summed E-state index contributed by atoms with van der Waals surface area (Å²) in [5.41, 5.74) is 0.907. The monoisotopic (exact) mass is 223 g/mol. The smallest absolute Gasteiger partial charge is 0.296 e. The number of ether oxygens (including phenoxy) is 1. The number of piperidine rings is 1. The van der Waals surface area contributed by atoms with Gasteiger partial charge in [0.1, 0.15) is 0 Å². The van der Waals surface area contributed by atoms with Gasteiger partial charge < -0.3 is 19.7 Å². The van der Waals surface area contributed by atoms with E-state index in [0.717, 1.165) is 44.7 Å². The maximum atomic E-state index is 9.93. The molecule has 2 atom stereocenters. The third kappa shape index (κ3) is 1.70. The van der Waals surface area contributed by atoms with Crippen molar-refractivity contribution in [3.05, 3.63) is 11.9 Å². The van der Waals surface area contributed by atoms with Gasteiger partial charge >= 0.3 is 0 Å². The van der Waals surface area contributed by atoms with Crippen LogP contribution in [0.4, 0.5) is 0 Å². The van der Waals surface area contributed by atoms with Gasteiger partial charge in [0, 0.05) is 12.7 Å². The van der Waals surface area contributed by atoms with Gasteiger partial charge in [0.2, 0.25) is 0 Å². The van der Waals surface area contributed by atoms with Gasteiger partial charge in [0.05, 0.1) is 24.4 Å². The van der Waals surface area contributed by atoms with Crippen LogP contribution in [-0.4, -0.2) is 33.9 Å². The largest absolute Gasteiger partial charge is 0.465 e. The van der Waals surface area contributed by atoms with Crippen molar-refractivity contribution >= 4 is 0 Å². The summed E-state index contributed by atoms with van der Waals surface area (Å²) < 4.78 is 7.50. The minimum Gasteiger partial charge on any atom is -0.465 e. The Labute approximate surface area is 94.4 Å². The first-order chi connectivity index (χ1) is 7.84. The molecule has 0 spiro atoms. The first-order valence-electron chi connectivity index (χ1n) is 5.96. The molecule has 1 aromatic heterocycles. The number of aliphatic hydroxyl groups is 1. The van der Waals surface area contributed by atoms with E-state index in [1.807, 2.05) is 10.8 Å². The first-order valence-corrected chi connectivity index (χ1v) is 5.96. The van der Waals surface area contributed by atoms with Gasteiger partial charge in [-0.1, -0.05) is 0 Å². The minimum absolute atomic E-state index is 0.0320. The Hall–Kier alpha value is -1.07. The molecule has 5 heteroatoms. The lowest BCUT2D eigenvalue weighted by atomic mass is 9.99. The summed E-state index contributed by atoms with van der Waals surface area (Å²) in [5, 5.41) is 13.2. The zero-order valence-electron chi connectivity index (χ0n) is 9.22. The number of hydrogen-bond acceptors (Lipinski definition) is 4. The van der Waals surface area contributed by atoms with Gasteiger partial charge in [-0.25, -0.2) is 0 Å². The van der Waals surface area contributed by atoms with Crippen LogP contribution in [0.25, 0.3) is 0 Å². The van der Waals surface area contributed by atoms with Crippen molar-refractivity contribution < 1.29 is 9.84 Å². The number of nitrogens with zero attached hydrogens (tertiary/aromatic N) is 2. The van der Waals surface area contributed by atoms with Crippen molar-refractivity contribution in [2.24, 2.45) is 0 Å². The van der Waals surface area contributed by atoms with Gasteiger partial charge in [-0.15, -0.1) is 0 Å². The van der Waals surface area contributed by atoms with Crippen LogP contribution in [0.15, 0.2) is 6.20 Å². The molecule has 2 unspecified atom stereocenters. The summed E-state index contributed by atoms with van der Waals surface area (Å²) in [5.74, 6) is 0. The predicted octanol–water partition coefficient (Wildman–Crippen LogP) is 0.451. The Bertz CT molecular complexity index is 354. The second kappa shape index (κ2) is 4.07. The van der Waals surface area contributed by atoms with Gasteiger partial charge in [-0.2, -0.15) is 4.98 Å². The second-order valence-electron chi connectivity index (χ2n) is 4.49. The van der Waals surface area contributed by atoms with Gasteiger partial charge in [0.25, 0.3) is 6.01 Å². The van der Waals surface area contributed by atoms with E-state index in [1.54, 1.807) is 0 Å². The summed E-state index contributed by atoms with van der Waals surface area (Å²) in [7, 11) is 0. The number of imidazole rings is 1. The third-order valence-electron chi connectivity index (χ3n) is 3.28. The molecule has 5 nitrogen and oxygen atoms in total. The van der Waals surface area contributed by atoms with E-state index in [2.05, 4.69) is 10.3 Å². The fourth-order valence-corrected chi connectivity index (χ4v) is 2.42. The van der Waals surface area contributed by atoms with E-state index < -0.39 is 0 Å². The Kier molecular flexibility index (Phi) is 2.57. The molecule has 0 amide bonds. The molecule has 2 aliphatic heterocycles. The molecule has 1 aromatic rings. The van der Waals surface area contributed by atoms with Crippen LogP contribution in [0.3, 0.4) is 0 Å². The topological polar surface area (TPSA) is 59.3 Å².